The molecule has 0 heterocycles. The summed E-state index contributed by atoms with van der Waals surface area (Å²) in [6, 6.07) is -0.549. The molecule has 1 amide bonds. The van der Waals surface area contributed by atoms with Gasteiger partial charge in [-0.1, -0.05) is 345 Å². The fourth-order valence-electron chi connectivity index (χ4n) is 11.5. The van der Waals surface area contributed by atoms with Gasteiger partial charge in [0.2, 0.25) is 5.91 Å². The number of nitrogens with one attached hydrogen (secondary N) is 1. The van der Waals surface area contributed by atoms with Crippen LogP contribution in [0.4, 0.5) is 0 Å². The van der Waals surface area contributed by atoms with E-state index in [0.717, 1.165) is 57.8 Å². The lowest BCUT2D eigenvalue weighted by molar-refractivity contribution is -0.143. The molecule has 82 heavy (non-hydrogen) atoms. The zero-order valence-electron chi connectivity index (χ0n) is 55.2. The maximum Gasteiger partial charge on any atom is 0.305 e. The van der Waals surface area contributed by atoms with Gasteiger partial charge in [-0.3, -0.25) is 9.59 Å². The number of carbonyl (C=O) groups is 2. The summed E-state index contributed by atoms with van der Waals surface area (Å²) >= 11 is 0. The van der Waals surface area contributed by atoms with Crippen LogP contribution in [0.2, 0.25) is 0 Å². The normalized spacial score (nSPS) is 12.8. The van der Waals surface area contributed by atoms with Crippen LogP contribution in [0.25, 0.3) is 0 Å². The number of esters is 1. The van der Waals surface area contributed by atoms with Crippen molar-refractivity contribution in [3.63, 3.8) is 0 Å². The van der Waals surface area contributed by atoms with Gasteiger partial charge in [-0.2, -0.15) is 0 Å². The Morgan fingerprint density at radius 1 is 0.341 bits per heavy atom. The molecule has 482 valence electrons. The lowest BCUT2D eigenvalue weighted by Gasteiger charge is -2.22. The van der Waals surface area contributed by atoms with Crippen molar-refractivity contribution in [2.75, 3.05) is 13.2 Å². The van der Waals surface area contributed by atoms with Crippen LogP contribution >= 0.6 is 0 Å². The molecular formula is C76H143NO5. The van der Waals surface area contributed by atoms with E-state index in [0.29, 0.717) is 25.9 Å². The molecule has 3 N–H and O–H groups in total. The van der Waals surface area contributed by atoms with Crippen LogP contribution in [0.15, 0.2) is 48.6 Å². The predicted molar refractivity (Wildman–Crippen MR) is 361 cm³/mol. The number of unbranched alkanes of at least 4 members (excludes halogenated alkanes) is 50. The minimum Gasteiger partial charge on any atom is -0.466 e. The molecule has 0 rings (SSSR count). The number of carbonyl (C=O) groups excluding carboxylic acids is 2. The standard InChI is InChI=1S/C76H143NO5/c1-3-5-7-9-11-13-15-17-19-21-22-23-27-30-33-37-40-44-48-52-56-60-64-68-74(79)73(72-78)77-75(80)69-65-61-57-53-49-45-41-38-34-31-28-25-24-26-29-32-35-39-43-47-51-55-59-63-67-71-82-76(81)70-66-62-58-54-50-46-42-36-20-18-16-14-12-10-8-6-4-2/h12,14,18,20,25-26,28-29,73-74,78-79H,3-11,13,15-17,19,21-24,27,30-72H2,1-2H3,(H,77,80)/b14-12-,20-18-,28-25-,29-26-. The van der Waals surface area contributed by atoms with Crippen molar-refractivity contribution in [3.05, 3.63) is 48.6 Å². The molecule has 0 fully saturated rings. The second-order valence-corrected chi connectivity index (χ2v) is 25.3. The topological polar surface area (TPSA) is 95.9 Å². The summed E-state index contributed by atoms with van der Waals surface area (Å²) in [5, 5.41) is 23.4. The van der Waals surface area contributed by atoms with Gasteiger partial charge in [0.25, 0.3) is 0 Å². The van der Waals surface area contributed by atoms with Crippen LogP contribution in [0, 0.1) is 0 Å². The van der Waals surface area contributed by atoms with Crippen molar-refractivity contribution in [1.82, 2.24) is 5.32 Å². The Balaban J connectivity index is 3.43. The van der Waals surface area contributed by atoms with Crippen molar-refractivity contribution in [2.24, 2.45) is 0 Å². The van der Waals surface area contributed by atoms with Crippen LogP contribution in [0.5, 0.6) is 0 Å². The van der Waals surface area contributed by atoms with Crippen LogP contribution in [0.3, 0.4) is 0 Å². The average Bonchev–Trinajstić information content (AvgIpc) is 3.48. The van der Waals surface area contributed by atoms with Crippen LogP contribution < -0.4 is 5.32 Å². The van der Waals surface area contributed by atoms with Gasteiger partial charge in [-0.25, -0.2) is 0 Å². The summed E-state index contributed by atoms with van der Waals surface area (Å²) in [7, 11) is 0. The number of hydrogen-bond donors (Lipinski definition) is 3. The Morgan fingerprint density at radius 2 is 0.610 bits per heavy atom. The van der Waals surface area contributed by atoms with Crippen molar-refractivity contribution in [3.8, 4) is 0 Å². The van der Waals surface area contributed by atoms with Crippen LogP contribution in [-0.4, -0.2) is 47.4 Å². The quantitative estimate of drug-likeness (QED) is 0.0320. The molecular weight excluding hydrogens is 1010 g/mol. The summed E-state index contributed by atoms with van der Waals surface area (Å²) < 4.78 is 5.49. The zero-order chi connectivity index (χ0) is 59.2. The first-order valence-corrected chi connectivity index (χ1v) is 36.9. The first-order chi connectivity index (χ1) is 40.5. The molecule has 0 bridgehead atoms. The maximum atomic E-state index is 12.6. The molecule has 0 spiro atoms. The number of amides is 1. The number of aliphatic hydroxyl groups is 2. The number of ether oxygens (including phenoxy) is 1. The summed E-state index contributed by atoms with van der Waals surface area (Å²) in [4.78, 5) is 24.7. The predicted octanol–water partition coefficient (Wildman–Crippen LogP) is 24.0. The second kappa shape index (κ2) is 71.3. The number of aliphatic hydroxyl groups excluding tert-OH is 2. The highest BCUT2D eigenvalue weighted by atomic mass is 16.5. The highest BCUT2D eigenvalue weighted by Gasteiger charge is 2.20. The van der Waals surface area contributed by atoms with Crippen LogP contribution in [0.1, 0.15) is 399 Å². The summed E-state index contributed by atoms with van der Waals surface area (Å²) in [6.07, 6.45) is 93.0. The van der Waals surface area contributed by atoms with E-state index in [1.807, 2.05) is 0 Å². The van der Waals surface area contributed by atoms with E-state index in [2.05, 4.69) is 67.8 Å². The van der Waals surface area contributed by atoms with Gasteiger partial charge in [-0.15, -0.1) is 0 Å². The molecule has 6 nitrogen and oxygen atoms in total. The van der Waals surface area contributed by atoms with E-state index in [1.54, 1.807) is 0 Å². The van der Waals surface area contributed by atoms with E-state index >= 15 is 0 Å². The molecule has 0 aliphatic rings. The Kier molecular flexibility index (Phi) is 69.4. The lowest BCUT2D eigenvalue weighted by atomic mass is 10.0. The Labute approximate surface area is 512 Å². The van der Waals surface area contributed by atoms with Gasteiger partial charge >= 0.3 is 5.97 Å². The Morgan fingerprint density at radius 3 is 0.951 bits per heavy atom. The smallest absolute Gasteiger partial charge is 0.305 e. The third kappa shape index (κ3) is 67.0. The number of allylic oxidation sites excluding steroid dienone is 8. The Hall–Kier alpha value is -2.18. The molecule has 6 heteroatoms. The molecule has 0 aliphatic heterocycles. The summed E-state index contributed by atoms with van der Waals surface area (Å²) in [5.74, 6) is -0.0356. The van der Waals surface area contributed by atoms with Gasteiger partial charge in [0.05, 0.1) is 25.4 Å². The van der Waals surface area contributed by atoms with Gasteiger partial charge < -0.3 is 20.3 Å². The van der Waals surface area contributed by atoms with E-state index in [4.69, 9.17) is 4.74 Å². The first kappa shape index (κ1) is 79.8. The number of rotatable bonds is 69. The average molecular weight is 1150 g/mol. The lowest BCUT2D eigenvalue weighted by Crippen LogP contribution is -2.45. The zero-order valence-corrected chi connectivity index (χ0v) is 55.2. The van der Waals surface area contributed by atoms with Crippen molar-refractivity contribution in [2.45, 2.75) is 411 Å². The molecule has 0 saturated carbocycles. The van der Waals surface area contributed by atoms with E-state index in [9.17, 15) is 19.8 Å². The number of hydrogen-bond acceptors (Lipinski definition) is 5. The van der Waals surface area contributed by atoms with E-state index in [-0.39, 0.29) is 18.5 Å². The highest BCUT2D eigenvalue weighted by Crippen LogP contribution is 2.19. The van der Waals surface area contributed by atoms with E-state index < -0.39 is 12.1 Å². The van der Waals surface area contributed by atoms with Gasteiger partial charge in [-0.05, 0) is 89.9 Å². The van der Waals surface area contributed by atoms with Gasteiger partial charge in [0.15, 0.2) is 0 Å². The molecule has 0 radical (unpaired) electrons. The molecule has 2 unspecified atom stereocenters. The Bertz CT molecular complexity index is 1370. The largest absolute Gasteiger partial charge is 0.466 e. The van der Waals surface area contributed by atoms with Gasteiger partial charge in [0.1, 0.15) is 0 Å². The minimum absolute atomic E-state index is 0.00171. The second-order valence-electron chi connectivity index (χ2n) is 25.3. The van der Waals surface area contributed by atoms with Crippen molar-refractivity contribution < 1.29 is 24.5 Å². The SMILES string of the molecule is CCCCC/C=C\C/C=C\CCCCCCCCCC(=O)OCCCCCCCCCCC/C=C\C/C=C\CCCCCCCCCCCC(=O)NC(CO)C(O)CCCCCCCCCCCCCCCCCCCCCCCCC. The molecule has 0 aromatic rings. The molecule has 0 saturated heterocycles. The highest BCUT2D eigenvalue weighted by molar-refractivity contribution is 5.76. The molecule has 0 aliphatic carbocycles. The summed E-state index contributed by atoms with van der Waals surface area (Å²) in [6.45, 7) is 4.95. The minimum atomic E-state index is -0.671. The third-order valence-corrected chi connectivity index (χ3v) is 17.1. The fraction of sp³-hybridized carbons (Fsp3) is 0.868. The van der Waals surface area contributed by atoms with Gasteiger partial charge in [0, 0.05) is 12.8 Å². The van der Waals surface area contributed by atoms with Crippen molar-refractivity contribution >= 4 is 11.9 Å². The van der Waals surface area contributed by atoms with E-state index in [1.165, 1.54) is 308 Å². The van der Waals surface area contributed by atoms with Crippen LogP contribution in [-0.2, 0) is 14.3 Å². The maximum absolute atomic E-state index is 12.6. The fourth-order valence-corrected chi connectivity index (χ4v) is 11.5. The summed E-state index contributed by atoms with van der Waals surface area (Å²) in [5.41, 5.74) is 0. The molecule has 0 aromatic carbocycles. The first-order valence-electron chi connectivity index (χ1n) is 36.9. The molecule has 2 atom stereocenters. The third-order valence-electron chi connectivity index (χ3n) is 17.1. The van der Waals surface area contributed by atoms with Crippen molar-refractivity contribution in [1.29, 1.82) is 0 Å². The monoisotopic (exact) mass is 1150 g/mol. The molecule has 0 aromatic heterocycles.